The Morgan fingerprint density at radius 3 is 2.88 bits per heavy atom. The van der Waals surface area contributed by atoms with E-state index in [-0.39, 0.29) is 30.0 Å². The lowest BCUT2D eigenvalue weighted by molar-refractivity contribution is -0.127. The largest absolute Gasteiger partial charge is 0.343 e. The molecule has 138 valence electrons. The average molecular weight is 357 g/mol. The molecule has 1 aromatic heterocycles. The molecule has 0 aliphatic carbocycles. The van der Waals surface area contributed by atoms with Crippen molar-refractivity contribution in [3.8, 4) is 0 Å². The topological polar surface area (TPSA) is 98.4 Å². The summed E-state index contributed by atoms with van der Waals surface area (Å²) in [6.07, 6.45) is 0.470. The van der Waals surface area contributed by atoms with E-state index >= 15 is 0 Å². The van der Waals surface area contributed by atoms with Crippen molar-refractivity contribution in [1.82, 2.24) is 25.1 Å². The summed E-state index contributed by atoms with van der Waals surface area (Å²) < 4.78 is 0. The van der Waals surface area contributed by atoms with Gasteiger partial charge in [-0.05, 0) is 19.1 Å². The molecule has 8 heteroatoms. The van der Waals surface area contributed by atoms with Crippen LogP contribution in [0.2, 0.25) is 0 Å². The van der Waals surface area contributed by atoms with Crippen LogP contribution in [0.25, 0.3) is 10.9 Å². The fourth-order valence-corrected chi connectivity index (χ4v) is 3.17. The minimum absolute atomic E-state index is 0.137. The van der Waals surface area contributed by atoms with Crippen LogP contribution in [0.5, 0.6) is 0 Å². The monoisotopic (exact) mass is 357 g/mol. The predicted molar refractivity (Wildman–Crippen MR) is 97.6 cm³/mol. The van der Waals surface area contributed by atoms with Crippen molar-refractivity contribution in [2.45, 2.75) is 19.9 Å². The fraction of sp³-hybridized carbons (Fsp3) is 0.444. The van der Waals surface area contributed by atoms with Crippen molar-refractivity contribution in [1.29, 1.82) is 0 Å². The van der Waals surface area contributed by atoms with Crippen LogP contribution < -0.4 is 10.9 Å². The van der Waals surface area contributed by atoms with Crippen molar-refractivity contribution in [3.63, 3.8) is 0 Å². The van der Waals surface area contributed by atoms with Gasteiger partial charge in [0.2, 0.25) is 5.91 Å². The molecule has 2 heterocycles. The van der Waals surface area contributed by atoms with Crippen LogP contribution >= 0.6 is 0 Å². The van der Waals surface area contributed by atoms with Crippen molar-refractivity contribution in [2.24, 2.45) is 5.92 Å². The molecule has 1 aliphatic rings. The third kappa shape index (κ3) is 3.84. The maximum atomic E-state index is 12.3. The van der Waals surface area contributed by atoms with Gasteiger partial charge >= 0.3 is 6.03 Å². The zero-order valence-electron chi connectivity index (χ0n) is 15.0. The van der Waals surface area contributed by atoms with E-state index in [0.29, 0.717) is 42.8 Å². The average Bonchev–Trinajstić information content (AvgIpc) is 2.99. The molecule has 0 spiro atoms. The van der Waals surface area contributed by atoms with Crippen LogP contribution in [0.15, 0.2) is 29.1 Å². The number of fused-ring (bicyclic) bond motifs is 1. The first-order valence-corrected chi connectivity index (χ1v) is 8.72. The molecule has 0 radical (unpaired) electrons. The molecule has 1 unspecified atom stereocenters. The highest BCUT2D eigenvalue weighted by atomic mass is 16.2. The number of carbonyl (C=O) groups is 2. The van der Waals surface area contributed by atoms with E-state index in [0.717, 1.165) is 0 Å². The number of carbonyl (C=O) groups excluding carboxylic acids is 2. The number of H-pyrrole nitrogens is 1. The summed E-state index contributed by atoms with van der Waals surface area (Å²) >= 11 is 0. The number of rotatable bonds is 5. The third-order valence-corrected chi connectivity index (χ3v) is 4.61. The van der Waals surface area contributed by atoms with E-state index in [2.05, 4.69) is 15.3 Å². The quantitative estimate of drug-likeness (QED) is 0.832. The highest BCUT2D eigenvalue weighted by Crippen LogP contribution is 2.16. The number of likely N-dealkylation sites (tertiary alicyclic amines) is 1. The summed E-state index contributed by atoms with van der Waals surface area (Å²) in [7, 11) is 1.64. The van der Waals surface area contributed by atoms with Gasteiger partial charge in [-0.3, -0.25) is 9.59 Å². The van der Waals surface area contributed by atoms with Crippen molar-refractivity contribution < 1.29 is 9.59 Å². The van der Waals surface area contributed by atoms with E-state index in [9.17, 15) is 14.4 Å². The lowest BCUT2D eigenvalue weighted by atomic mass is 10.1. The summed E-state index contributed by atoms with van der Waals surface area (Å²) in [5, 5.41) is 3.37. The normalized spacial score (nSPS) is 16.9. The van der Waals surface area contributed by atoms with Crippen LogP contribution in [-0.2, 0) is 11.3 Å². The van der Waals surface area contributed by atoms with Gasteiger partial charge in [0.25, 0.3) is 5.56 Å². The molecule has 1 fully saturated rings. The van der Waals surface area contributed by atoms with Gasteiger partial charge in [0, 0.05) is 39.0 Å². The van der Waals surface area contributed by atoms with E-state index in [1.165, 1.54) is 4.90 Å². The van der Waals surface area contributed by atoms with Crippen molar-refractivity contribution in [3.05, 3.63) is 40.4 Å². The highest BCUT2D eigenvalue weighted by Gasteiger charge is 2.28. The molecule has 0 bridgehead atoms. The number of amides is 3. The molecule has 8 nitrogen and oxygen atoms in total. The molecule has 3 amide bonds. The van der Waals surface area contributed by atoms with Crippen molar-refractivity contribution >= 4 is 22.8 Å². The zero-order chi connectivity index (χ0) is 18.7. The molecular formula is C18H23N5O3. The smallest absolute Gasteiger partial charge is 0.317 e. The Morgan fingerprint density at radius 2 is 2.15 bits per heavy atom. The maximum absolute atomic E-state index is 12.3. The molecule has 1 aromatic carbocycles. The van der Waals surface area contributed by atoms with Gasteiger partial charge < -0.3 is 20.1 Å². The van der Waals surface area contributed by atoms with E-state index < -0.39 is 0 Å². The Labute approximate surface area is 151 Å². The number of hydrogen-bond acceptors (Lipinski definition) is 4. The Hall–Kier alpha value is -2.90. The van der Waals surface area contributed by atoms with E-state index in [1.54, 1.807) is 30.1 Å². The number of benzene rings is 1. The highest BCUT2D eigenvalue weighted by molar-refractivity contribution is 5.79. The first-order chi connectivity index (χ1) is 12.5. The molecule has 3 rings (SSSR count). The molecule has 2 aromatic rings. The first-order valence-electron chi connectivity index (χ1n) is 8.72. The summed E-state index contributed by atoms with van der Waals surface area (Å²) in [6.45, 7) is 3.97. The second-order valence-corrected chi connectivity index (χ2v) is 6.57. The summed E-state index contributed by atoms with van der Waals surface area (Å²) in [4.78, 5) is 46.5. The summed E-state index contributed by atoms with van der Waals surface area (Å²) in [5.74, 6) is 0.705. The minimum Gasteiger partial charge on any atom is -0.343 e. The number of hydrogen-bond donors (Lipinski definition) is 2. The number of para-hydroxylation sites is 1. The van der Waals surface area contributed by atoms with Gasteiger partial charge in [0.1, 0.15) is 5.82 Å². The molecule has 1 atom stereocenters. The van der Waals surface area contributed by atoms with Crippen LogP contribution in [-0.4, -0.2) is 58.4 Å². The van der Waals surface area contributed by atoms with Gasteiger partial charge in [0.15, 0.2) is 0 Å². The first kappa shape index (κ1) is 17.9. The number of nitrogens with zero attached hydrogens (tertiary/aromatic N) is 3. The third-order valence-electron chi connectivity index (χ3n) is 4.61. The van der Waals surface area contributed by atoms with Crippen LogP contribution in [0.3, 0.4) is 0 Å². The molecule has 0 saturated carbocycles. The van der Waals surface area contributed by atoms with Crippen LogP contribution in [0.4, 0.5) is 4.79 Å². The maximum Gasteiger partial charge on any atom is 0.317 e. The second-order valence-electron chi connectivity index (χ2n) is 6.57. The van der Waals surface area contributed by atoms with Crippen LogP contribution in [0, 0.1) is 5.92 Å². The van der Waals surface area contributed by atoms with Gasteiger partial charge in [-0.1, -0.05) is 12.1 Å². The van der Waals surface area contributed by atoms with Crippen molar-refractivity contribution in [2.75, 3.05) is 26.7 Å². The molecule has 1 aliphatic heterocycles. The Bertz CT molecular complexity index is 879. The minimum atomic E-state index is -0.261. The van der Waals surface area contributed by atoms with Gasteiger partial charge in [-0.25, -0.2) is 9.78 Å². The Balaban J connectivity index is 1.58. The summed E-state index contributed by atoms with van der Waals surface area (Å²) in [5.41, 5.74) is 0.382. The molecule has 26 heavy (non-hydrogen) atoms. The molecule has 1 saturated heterocycles. The van der Waals surface area contributed by atoms with E-state index in [4.69, 9.17) is 0 Å². The number of aromatic amines is 1. The standard InChI is InChI=1S/C18H23N5O3/c1-3-23-10-12(8-16(23)24)9-19-18(26)22(2)11-15-20-14-7-5-4-6-13(14)17(25)21-15/h4-7,12H,3,8-11H2,1-2H3,(H,19,26)(H,20,21,25). The predicted octanol–water partition coefficient (Wildman–Crippen LogP) is 0.933. The summed E-state index contributed by atoms with van der Waals surface area (Å²) in [6, 6.07) is 6.82. The van der Waals surface area contributed by atoms with Gasteiger partial charge in [-0.15, -0.1) is 0 Å². The van der Waals surface area contributed by atoms with Crippen LogP contribution in [0.1, 0.15) is 19.2 Å². The van der Waals surface area contributed by atoms with Gasteiger partial charge in [-0.2, -0.15) is 0 Å². The second kappa shape index (κ2) is 7.55. The van der Waals surface area contributed by atoms with E-state index in [1.807, 2.05) is 13.0 Å². The fourth-order valence-electron chi connectivity index (χ4n) is 3.17. The lowest BCUT2D eigenvalue weighted by Crippen LogP contribution is -2.40. The van der Waals surface area contributed by atoms with Gasteiger partial charge in [0.05, 0.1) is 17.4 Å². The number of urea groups is 1. The SMILES string of the molecule is CCN1CC(CNC(=O)N(C)Cc2nc3ccccc3c(=O)[nH]2)CC1=O. The number of aromatic nitrogens is 2. The Kier molecular flexibility index (Phi) is 5.20. The molecule has 2 N–H and O–H groups in total. The Morgan fingerprint density at radius 1 is 1.38 bits per heavy atom. The lowest BCUT2D eigenvalue weighted by Gasteiger charge is -2.19. The molecular weight excluding hydrogens is 334 g/mol. The number of nitrogens with one attached hydrogen (secondary N) is 2. The zero-order valence-corrected chi connectivity index (χ0v) is 15.0.